The van der Waals surface area contributed by atoms with Crippen LogP contribution in [0.15, 0.2) is 23.1 Å². The van der Waals surface area contributed by atoms with Crippen molar-refractivity contribution in [3.8, 4) is 0 Å². The van der Waals surface area contributed by atoms with Gasteiger partial charge in [-0.25, -0.2) is 16.8 Å². The average Bonchev–Trinajstić information content (AvgIpc) is 3.56. The van der Waals surface area contributed by atoms with Crippen LogP contribution < -0.4 is 0 Å². The highest BCUT2D eigenvalue weighted by atomic mass is 32.2. The maximum Gasteiger partial charge on any atom is 0.243 e. The minimum Gasteiger partial charge on any atom is -0.335 e. The lowest BCUT2D eigenvalue weighted by molar-refractivity contribution is -0.135. The van der Waals surface area contributed by atoms with E-state index in [1.54, 1.807) is 6.07 Å². The van der Waals surface area contributed by atoms with Crippen LogP contribution in [0.2, 0.25) is 0 Å². The molecule has 8 nitrogen and oxygen atoms in total. The number of amides is 1. The molecule has 1 amide bonds. The van der Waals surface area contributed by atoms with E-state index in [0.29, 0.717) is 37.5 Å². The fourth-order valence-electron chi connectivity index (χ4n) is 5.47. The van der Waals surface area contributed by atoms with E-state index in [0.717, 1.165) is 44.1 Å². The molecule has 2 aliphatic heterocycles. The molecule has 10 heteroatoms. The highest BCUT2D eigenvalue weighted by Crippen LogP contribution is 2.32. The van der Waals surface area contributed by atoms with Crippen molar-refractivity contribution in [2.24, 2.45) is 0 Å². The van der Waals surface area contributed by atoms with Gasteiger partial charge in [0, 0.05) is 38.3 Å². The number of benzene rings is 1. The number of sulfonamides is 1. The molecule has 5 rings (SSSR count). The van der Waals surface area contributed by atoms with Crippen molar-refractivity contribution in [1.29, 1.82) is 0 Å². The highest BCUT2D eigenvalue weighted by molar-refractivity contribution is 7.91. The Labute approximate surface area is 196 Å². The summed E-state index contributed by atoms with van der Waals surface area (Å²) in [6.45, 7) is 1.93. The molecule has 0 unspecified atom stereocenters. The molecule has 182 valence electrons. The Morgan fingerprint density at radius 2 is 1.67 bits per heavy atom. The third kappa shape index (κ3) is 4.99. The molecule has 0 bridgehead atoms. The van der Waals surface area contributed by atoms with Gasteiger partial charge in [0.05, 0.1) is 22.9 Å². The lowest BCUT2D eigenvalue weighted by atomic mass is 9.92. The van der Waals surface area contributed by atoms with Crippen LogP contribution in [0, 0.1) is 0 Å². The number of hydrogen-bond donors (Lipinski definition) is 0. The topological polar surface area (TPSA) is 95.1 Å². The van der Waals surface area contributed by atoms with Crippen LogP contribution in [0.4, 0.5) is 0 Å². The van der Waals surface area contributed by atoms with Gasteiger partial charge in [0.2, 0.25) is 15.9 Å². The fourth-order valence-corrected chi connectivity index (χ4v) is 8.66. The van der Waals surface area contributed by atoms with Gasteiger partial charge in [0.25, 0.3) is 0 Å². The number of rotatable bonds is 6. The number of fused-ring (bicyclic) bond motifs is 1. The van der Waals surface area contributed by atoms with E-state index in [2.05, 4.69) is 0 Å². The summed E-state index contributed by atoms with van der Waals surface area (Å²) < 4.78 is 51.8. The number of piperazine rings is 1. The molecule has 0 aromatic heterocycles. The Balaban J connectivity index is 1.20. The molecule has 3 fully saturated rings. The van der Waals surface area contributed by atoms with Gasteiger partial charge in [-0.1, -0.05) is 6.07 Å². The monoisotopic (exact) mass is 495 g/mol. The molecule has 2 saturated heterocycles. The fraction of sp³-hybridized carbons (Fsp3) is 0.696. The zero-order valence-corrected chi connectivity index (χ0v) is 20.6. The van der Waals surface area contributed by atoms with Gasteiger partial charge in [-0.05, 0) is 68.2 Å². The van der Waals surface area contributed by atoms with Crippen LogP contribution >= 0.6 is 0 Å². The number of aryl methyl sites for hydroxylation is 2. The summed E-state index contributed by atoms with van der Waals surface area (Å²) in [6.07, 6.45) is 6.63. The molecule has 1 aromatic rings. The van der Waals surface area contributed by atoms with Crippen molar-refractivity contribution in [3.63, 3.8) is 0 Å². The largest absolute Gasteiger partial charge is 0.335 e. The van der Waals surface area contributed by atoms with Gasteiger partial charge < -0.3 is 4.90 Å². The van der Waals surface area contributed by atoms with Crippen molar-refractivity contribution in [3.05, 3.63) is 29.3 Å². The number of nitrogens with zero attached hydrogens (tertiary/aromatic N) is 3. The van der Waals surface area contributed by atoms with Crippen LogP contribution in [-0.2, 0) is 37.5 Å². The van der Waals surface area contributed by atoms with E-state index in [9.17, 15) is 21.6 Å². The quantitative estimate of drug-likeness (QED) is 0.586. The van der Waals surface area contributed by atoms with Crippen LogP contribution in [0.1, 0.15) is 43.2 Å². The maximum atomic E-state index is 13.2. The Kier molecular flexibility index (Phi) is 6.30. The summed E-state index contributed by atoms with van der Waals surface area (Å²) >= 11 is 0. The van der Waals surface area contributed by atoms with Gasteiger partial charge in [0.1, 0.15) is 0 Å². The van der Waals surface area contributed by atoms with Gasteiger partial charge in [-0.15, -0.1) is 0 Å². The summed E-state index contributed by atoms with van der Waals surface area (Å²) in [7, 11) is -6.60. The zero-order valence-electron chi connectivity index (χ0n) is 19.0. The summed E-state index contributed by atoms with van der Waals surface area (Å²) in [5.74, 6) is 0.209. The molecule has 1 atom stereocenters. The molecule has 1 saturated carbocycles. The van der Waals surface area contributed by atoms with Crippen molar-refractivity contribution >= 4 is 25.8 Å². The molecule has 4 aliphatic rings. The lowest BCUT2D eigenvalue weighted by Crippen LogP contribution is -2.53. The summed E-state index contributed by atoms with van der Waals surface area (Å²) in [5.41, 5.74) is 2.42. The van der Waals surface area contributed by atoms with Crippen molar-refractivity contribution in [2.75, 3.05) is 44.2 Å². The smallest absolute Gasteiger partial charge is 0.243 e. The maximum absolute atomic E-state index is 13.2. The molecule has 0 radical (unpaired) electrons. The Morgan fingerprint density at radius 3 is 2.30 bits per heavy atom. The highest BCUT2D eigenvalue weighted by Gasteiger charge is 2.42. The van der Waals surface area contributed by atoms with E-state index in [4.69, 9.17) is 0 Å². The number of carbonyl (C=O) groups excluding carboxylic acids is 1. The molecule has 2 aliphatic carbocycles. The second-order valence-electron chi connectivity index (χ2n) is 9.91. The number of carbonyl (C=O) groups is 1. The Bertz CT molecular complexity index is 1120. The predicted octanol–water partition coefficient (Wildman–Crippen LogP) is 1.05. The molecule has 2 heterocycles. The normalized spacial score (nSPS) is 26.1. The number of hydrogen-bond acceptors (Lipinski definition) is 6. The SMILES string of the molecule is O=C(CN1CCN(S(=O)(=O)c2ccc3c(c2)CCCC3)CC1)N(C1CC1)[C@@H]1CCS(=O)(=O)C1. The molecule has 0 spiro atoms. The first-order valence-corrected chi connectivity index (χ1v) is 15.3. The molecular weight excluding hydrogens is 462 g/mol. The minimum absolute atomic E-state index is 0.0226. The first kappa shape index (κ1) is 23.3. The molecule has 1 aromatic carbocycles. The zero-order chi connectivity index (χ0) is 23.2. The van der Waals surface area contributed by atoms with E-state index < -0.39 is 19.9 Å². The first-order valence-electron chi connectivity index (χ1n) is 12.1. The predicted molar refractivity (Wildman–Crippen MR) is 125 cm³/mol. The van der Waals surface area contributed by atoms with Gasteiger partial charge in [-0.2, -0.15) is 4.31 Å². The van der Waals surface area contributed by atoms with E-state index in [-0.39, 0.29) is 36.0 Å². The van der Waals surface area contributed by atoms with Gasteiger partial charge in [0.15, 0.2) is 9.84 Å². The summed E-state index contributed by atoms with van der Waals surface area (Å²) in [5, 5.41) is 0. The Morgan fingerprint density at radius 1 is 0.970 bits per heavy atom. The van der Waals surface area contributed by atoms with E-state index >= 15 is 0 Å². The van der Waals surface area contributed by atoms with Crippen LogP contribution in [0.25, 0.3) is 0 Å². The van der Waals surface area contributed by atoms with Crippen molar-refractivity contribution < 1.29 is 21.6 Å². The summed E-state index contributed by atoms with van der Waals surface area (Å²) in [6, 6.07) is 5.51. The Hall–Kier alpha value is -1.49. The third-order valence-corrected chi connectivity index (χ3v) is 11.1. The number of sulfone groups is 1. The van der Waals surface area contributed by atoms with E-state index in [1.807, 2.05) is 21.9 Å². The van der Waals surface area contributed by atoms with E-state index in [1.165, 1.54) is 9.87 Å². The van der Waals surface area contributed by atoms with Gasteiger partial charge in [-0.3, -0.25) is 9.69 Å². The average molecular weight is 496 g/mol. The molecular formula is C23H33N3O5S2. The van der Waals surface area contributed by atoms with Crippen molar-refractivity contribution in [2.45, 2.75) is 61.9 Å². The molecule has 0 N–H and O–H groups in total. The lowest BCUT2D eigenvalue weighted by Gasteiger charge is -2.36. The standard InChI is InChI=1S/C23H33N3O5S2/c27-23(26(20-6-7-20)21-9-14-32(28,29)17-21)16-24-10-12-25(13-11-24)33(30,31)22-8-5-18-3-1-2-4-19(18)15-22/h5,8,15,20-21H,1-4,6-7,9-14,16-17H2/t21-/m1/s1. The van der Waals surface area contributed by atoms with Gasteiger partial charge >= 0.3 is 0 Å². The summed E-state index contributed by atoms with van der Waals surface area (Å²) in [4.78, 5) is 17.3. The van der Waals surface area contributed by atoms with Crippen molar-refractivity contribution in [1.82, 2.24) is 14.1 Å². The minimum atomic E-state index is -3.55. The second kappa shape index (κ2) is 8.94. The van der Waals surface area contributed by atoms with Crippen LogP contribution in [-0.4, -0.2) is 93.2 Å². The van der Waals surface area contributed by atoms with Crippen LogP contribution in [0.5, 0.6) is 0 Å². The third-order valence-electron chi connectivity index (χ3n) is 7.48. The molecule has 33 heavy (non-hydrogen) atoms. The van der Waals surface area contributed by atoms with Crippen LogP contribution in [0.3, 0.4) is 0 Å². The second-order valence-corrected chi connectivity index (χ2v) is 14.1. The first-order chi connectivity index (χ1) is 15.7.